The molecule has 0 aliphatic carbocycles. The van der Waals surface area contributed by atoms with E-state index in [9.17, 15) is 0 Å². The third-order valence-corrected chi connectivity index (χ3v) is 5.05. The molecule has 1 saturated heterocycles. The second-order valence-electron chi connectivity index (χ2n) is 5.27. The first kappa shape index (κ1) is 15.3. The first-order chi connectivity index (χ1) is 9.02. The zero-order valence-corrected chi connectivity index (χ0v) is 13.8. The maximum atomic E-state index is 6.06. The number of likely N-dealkylation sites (N-methyl/N-ethyl adjacent to an activating group) is 1. The Morgan fingerprint density at radius 1 is 1.47 bits per heavy atom. The van der Waals surface area contributed by atoms with Crippen LogP contribution >= 0.6 is 27.5 Å². The summed E-state index contributed by atoms with van der Waals surface area (Å²) in [6.45, 7) is 6.13. The predicted octanol–water partition coefficient (Wildman–Crippen LogP) is 2.74. The minimum Gasteiger partial charge on any atom is -0.329 e. The summed E-state index contributed by atoms with van der Waals surface area (Å²) in [5.41, 5.74) is 7.25. The Hall–Kier alpha value is -0.130. The van der Waals surface area contributed by atoms with Gasteiger partial charge in [0.25, 0.3) is 0 Å². The molecule has 2 rings (SSSR count). The van der Waals surface area contributed by atoms with Crippen LogP contribution in [0.5, 0.6) is 0 Å². The molecule has 5 heteroatoms. The second kappa shape index (κ2) is 6.55. The summed E-state index contributed by atoms with van der Waals surface area (Å²) in [5.74, 6) is 0. The lowest BCUT2D eigenvalue weighted by molar-refractivity contribution is 0.0635. The van der Waals surface area contributed by atoms with Crippen molar-refractivity contribution in [3.05, 3.63) is 33.3 Å². The molecule has 2 N–H and O–H groups in total. The first-order valence-electron chi connectivity index (χ1n) is 6.62. The lowest BCUT2D eigenvalue weighted by Crippen LogP contribution is -2.52. The quantitative estimate of drug-likeness (QED) is 0.913. The number of halogens is 2. The SMILES string of the molecule is CC1CN(C)CCN1C(CN)c1ccc(Cl)c(Br)c1. The first-order valence-corrected chi connectivity index (χ1v) is 7.79. The van der Waals surface area contributed by atoms with Gasteiger partial charge in [-0.15, -0.1) is 0 Å². The number of benzene rings is 1. The van der Waals surface area contributed by atoms with Crippen LogP contribution in [0.2, 0.25) is 5.02 Å². The molecule has 1 aromatic carbocycles. The lowest BCUT2D eigenvalue weighted by atomic mass is 10.0. The Morgan fingerprint density at radius 3 is 2.79 bits per heavy atom. The lowest BCUT2D eigenvalue weighted by Gasteiger charge is -2.42. The highest BCUT2D eigenvalue weighted by Gasteiger charge is 2.28. The van der Waals surface area contributed by atoms with Crippen molar-refractivity contribution in [1.82, 2.24) is 9.80 Å². The Morgan fingerprint density at radius 2 is 2.21 bits per heavy atom. The number of nitrogens with zero attached hydrogens (tertiary/aromatic N) is 2. The summed E-state index contributed by atoms with van der Waals surface area (Å²) in [6.07, 6.45) is 0. The molecule has 1 aliphatic heterocycles. The molecule has 3 nitrogen and oxygen atoms in total. The van der Waals surface area contributed by atoms with Gasteiger partial charge in [-0.3, -0.25) is 4.90 Å². The maximum absolute atomic E-state index is 6.06. The average Bonchev–Trinajstić information content (AvgIpc) is 2.37. The molecule has 106 valence electrons. The van der Waals surface area contributed by atoms with Gasteiger partial charge in [-0.2, -0.15) is 0 Å². The monoisotopic (exact) mass is 345 g/mol. The van der Waals surface area contributed by atoms with Gasteiger partial charge < -0.3 is 10.6 Å². The van der Waals surface area contributed by atoms with E-state index in [2.05, 4.69) is 51.8 Å². The third kappa shape index (κ3) is 3.50. The summed E-state index contributed by atoms with van der Waals surface area (Å²) in [5, 5.41) is 0.742. The minimum atomic E-state index is 0.261. The van der Waals surface area contributed by atoms with Crippen LogP contribution in [-0.2, 0) is 0 Å². The molecule has 2 atom stereocenters. The smallest absolute Gasteiger partial charge is 0.0548 e. The molecule has 0 saturated carbocycles. The van der Waals surface area contributed by atoms with Crippen LogP contribution in [0.1, 0.15) is 18.5 Å². The van der Waals surface area contributed by atoms with Crippen LogP contribution in [0.4, 0.5) is 0 Å². The van der Waals surface area contributed by atoms with Gasteiger partial charge in [0, 0.05) is 42.7 Å². The van der Waals surface area contributed by atoms with E-state index < -0.39 is 0 Å². The van der Waals surface area contributed by atoms with E-state index >= 15 is 0 Å². The third-order valence-electron chi connectivity index (χ3n) is 3.83. The highest BCUT2D eigenvalue weighted by molar-refractivity contribution is 9.10. The van der Waals surface area contributed by atoms with Gasteiger partial charge in [0.2, 0.25) is 0 Å². The fourth-order valence-corrected chi connectivity index (χ4v) is 3.31. The summed E-state index contributed by atoms with van der Waals surface area (Å²) >= 11 is 9.56. The van der Waals surface area contributed by atoms with Crippen LogP contribution in [0.3, 0.4) is 0 Å². The number of piperazine rings is 1. The number of hydrogen-bond acceptors (Lipinski definition) is 3. The van der Waals surface area contributed by atoms with E-state index in [4.69, 9.17) is 17.3 Å². The van der Waals surface area contributed by atoms with Crippen molar-refractivity contribution in [2.24, 2.45) is 5.73 Å². The van der Waals surface area contributed by atoms with Crippen molar-refractivity contribution >= 4 is 27.5 Å². The van der Waals surface area contributed by atoms with Crippen molar-refractivity contribution in [2.45, 2.75) is 19.0 Å². The standard InChI is InChI=1S/C14H21BrClN3/c1-10-9-18(2)5-6-19(10)14(8-17)11-3-4-13(16)12(15)7-11/h3-4,7,10,14H,5-6,8-9,17H2,1-2H3. The summed E-state index contributed by atoms with van der Waals surface area (Å²) in [6, 6.07) is 6.88. The molecule has 1 heterocycles. The average molecular weight is 347 g/mol. The summed E-state index contributed by atoms with van der Waals surface area (Å²) in [7, 11) is 2.17. The van der Waals surface area contributed by atoms with Crippen molar-refractivity contribution in [3.8, 4) is 0 Å². The highest BCUT2D eigenvalue weighted by atomic mass is 79.9. The summed E-state index contributed by atoms with van der Waals surface area (Å²) in [4.78, 5) is 4.86. The van der Waals surface area contributed by atoms with Gasteiger partial charge in [0.15, 0.2) is 0 Å². The molecule has 0 spiro atoms. The molecular weight excluding hydrogens is 326 g/mol. The van der Waals surface area contributed by atoms with Gasteiger partial charge in [-0.25, -0.2) is 0 Å². The zero-order chi connectivity index (χ0) is 14.0. The molecule has 1 fully saturated rings. The largest absolute Gasteiger partial charge is 0.329 e. The van der Waals surface area contributed by atoms with Gasteiger partial charge in [-0.1, -0.05) is 17.7 Å². The van der Waals surface area contributed by atoms with E-state index in [1.54, 1.807) is 0 Å². The van der Waals surface area contributed by atoms with E-state index in [-0.39, 0.29) is 6.04 Å². The highest BCUT2D eigenvalue weighted by Crippen LogP contribution is 2.30. The molecular formula is C14H21BrClN3. The van der Waals surface area contributed by atoms with E-state index in [1.807, 2.05) is 6.07 Å². The Labute approximate surface area is 128 Å². The second-order valence-corrected chi connectivity index (χ2v) is 6.54. The van der Waals surface area contributed by atoms with E-state index in [0.29, 0.717) is 12.6 Å². The van der Waals surface area contributed by atoms with Gasteiger partial charge in [0.1, 0.15) is 0 Å². The Balaban J connectivity index is 2.21. The Kier molecular flexibility index (Phi) is 5.26. The van der Waals surface area contributed by atoms with Crippen LogP contribution in [-0.4, -0.2) is 49.1 Å². The molecule has 19 heavy (non-hydrogen) atoms. The number of nitrogens with two attached hydrogens (primary N) is 1. The molecule has 0 amide bonds. The van der Waals surface area contributed by atoms with Gasteiger partial charge in [-0.05, 0) is 47.6 Å². The molecule has 0 bridgehead atoms. The predicted molar refractivity (Wildman–Crippen MR) is 84.6 cm³/mol. The van der Waals surface area contributed by atoms with E-state index in [1.165, 1.54) is 5.56 Å². The van der Waals surface area contributed by atoms with Crippen LogP contribution in [0.25, 0.3) is 0 Å². The molecule has 0 radical (unpaired) electrons. The van der Waals surface area contributed by atoms with Crippen molar-refractivity contribution in [2.75, 3.05) is 33.2 Å². The number of rotatable bonds is 3. The van der Waals surface area contributed by atoms with Gasteiger partial charge in [0.05, 0.1) is 5.02 Å². The zero-order valence-electron chi connectivity index (χ0n) is 11.4. The van der Waals surface area contributed by atoms with Crippen LogP contribution < -0.4 is 5.73 Å². The van der Waals surface area contributed by atoms with Crippen molar-refractivity contribution in [1.29, 1.82) is 0 Å². The molecule has 1 aromatic rings. The normalized spacial score (nSPS) is 23.5. The fraction of sp³-hybridized carbons (Fsp3) is 0.571. The van der Waals surface area contributed by atoms with Crippen molar-refractivity contribution in [3.63, 3.8) is 0 Å². The molecule has 0 aromatic heterocycles. The number of hydrogen-bond donors (Lipinski definition) is 1. The molecule has 1 aliphatic rings. The maximum Gasteiger partial charge on any atom is 0.0548 e. The van der Waals surface area contributed by atoms with Crippen LogP contribution in [0.15, 0.2) is 22.7 Å². The van der Waals surface area contributed by atoms with Crippen molar-refractivity contribution < 1.29 is 0 Å². The minimum absolute atomic E-state index is 0.261. The van der Waals surface area contributed by atoms with Gasteiger partial charge >= 0.3 is 0 Å². The van der Waals surface area contributed by atoms with Crippen LogP contribution in [0, 0.1) is 0 Å². The summed E-state index contributed by atoms with van der Waals surface area (Å²) < 4.78 is 0.937. The topological polar surface area (TPSA) is 32.5 Å². The van der Waals surface area contributed by atoms with E-state index in [0.717, 1.165) is 29.1 Å². The molecule has 2 unspecified atom stereocenters. The fourth-order valence-electron chi connectivity index (χ4n) is 2.80. The Bertz CT molecular complexity index is 441.